The highest BCUT2D eigenvalue weighted by Gasteiger charge is 2.22. The van der Waals surface area contributed by atoms with E-state index in [0.29, 0.717) is 12.5 Å². The molecule has 1 aliphatic rings. The number of ether oxygens (including phenoxy) is 1. The molecule has 0 amide bonds. The molecule has 1 aliphatic heterocycles. The maximum absolute atomic E-state index is 12.9. The van der Waals surface area contributed by atoms with Crippen LogP contribution in [0.3, 0.4) is 0 Å². The third-order valence-electron chi connectivity index (χ3n) is 7.06. The van der Waals surface area contributed by atoms with Crippen molar-refractivity contribution in [3.8, 4) is 11.5 Å². The number of nitrogens with one attached hydrogen (secondary N) is 1. The average molecular weight is 546 g/mol. The van der Waals surface area contributed by atoms with Crippen LogP contribution in [0.1, 0.15) is 96.3 Å². The van der Waals surface area contributed by atoms with E-state index in [4.69, 9.17) is 4.74 Å². The summed E-state index contributed by atoms with van der Waals surface area (Å²) in [7, 11) is -3.55. The van der Waals surface area contributed by atoms with Gasteiger partial charge in [-0.2, -0.15) is 0 Å². The van der Waals surface area contributed by atoms with Crippen molar-refractivity contribution in [2.45, 2.75) is 84.5 Å². The molecule has 0 radical (unpaired) electrons. The van der Waals surface area contributed by atoms with Crippen molar-refractivity contribution in [1.82, 2.24) is 4.72 Å². The Kier molecular flexibility index (Phi) is 9.03. The maximum Gasteiger partial charge on any atom is 0.240 e. The van der Waals surface area contributed by atoms with Crippen LogP contribution in [-0.2, 0) is 10.0 Å². The largest absolute Gasteiger partial charge is 0.456 e. The fourth-order valence-electron chi connectivity index (χ4n) is 5.00. The number of benzene rings is 3. The molecule has 0 aromatic heterocycles. The third-order valence-corrected chi connectivity index (χ3v) is 8.54. The molecule has 1 N–H and O–H groups in total. The summed E-state index contributed by atoms with van der Waals surface area (Å²) in [5, 5.41) is 2.12. The Hall–Kier alpha value is -2.89. The zero-order valence-electron chi connectivity index (χ0n) is 24.3. The lowest BCUT2D eigenvalue weighted by atomic mass is 9.90. The molecule has 4 rings (SSSR count). The normalized spacial score (nSPS) is 13.8. The van der Waals surface area contributed by atoms with E-state index in [1.807, 2.05) is 12.1 Å². The zero-order chi connectivity index (χ0) is 28.2. The predicted octanol–water partition coefficient (Wildman–Crippen LogP) is 7.24. The van der Waals surface area contributed by atoms with Gasteiger partial charge in [0.25, 0.3) is 0 Å². The van der Waals surface area contributed by atoms with Gasteiger partial charge in [-0.1, -0.05) is 104 Å². The first-order valence-corrected chi connectivity index (χ1v) is 15.8. The second kappa shape index (κ2) is 12.1. The van der Waals surface area contributed by atoms with Crippen LogP contribution in [0.4, 0.5) is 0 Å². The summed E-state index contributed by atoms with van der Waals surface area (Å²) in [5.41, 5.74) is 4.29. The molecule has 0 bridgehead atoms. The van der Waals surface area contributed by atoms with Crippen molar-refractivity contribution in [3.63, 3.8) is 0 Å². The van der Waals surface area contributed by atoms with Crippen LogP contribution in [0.5, 0.6) is 11.5 Å². The van der Waals surface area contributed by atoms with Gasteiger partial charge in [-0.05, 0) is 64.4 Å². The number of fused-ring (bicyclic) bond motifs is 2. The number of hydrogen-bond donors (Lipinski definition) is 1. The highest BCUT2D eigenvalue weighted by atomic mass is 32.2. The average Bonchev–Trinajstić information content (AvgIpc) is 2.88. The molecule has 208 valence electrons. The molecular formula is C34H43NO3S. The lowest BCUT2D eigenvalue weighted by Gasteiger charge is -2.23. The van der Waals surface area contributed by atoms with Crippen LogP contribution >= 0.6 is 0 Å². The van der Waals surface area contributed by atoms with E-state index in [2.05, 4.69) is 88.7 Å². The van der Waals surface area contributed by atoms with Crippen molar-refractivity contribution < 1.29 is 13.2 Å². The number of unbranched alkanes of at least 4 members (excludes halogenated alkanes) is 4. The first kappa shape index (κ1) is 29.1. The van der Waals surface area contributed by atoms with Crippen LogP contribution in [0.2, 0.25) is 0 Å². The van der Waals surface area contributed by atoms with Gasteiger partial charge in [0, 0.05) is 22.9 Å². The molecule has 3 aromatic rings. The molecule has 0 saturated carbocycles. The second-order valence-corrected chi connectivity index (χ2v) is 13.8. The molecule has 1 heterocycles. The van der Waals surface area contributed by atoms with E-state index < -0.39 is 10.0 Å². The van der Waals surface area contributed by atoms with Crippen molar-refractivity contribution in [2.75, 3.05) is 6.54 Å². The highest BCUT2D eigenvalue weighted by Crippen LogP contribution is 2.38. The van der Waals surface area contributed by atoms with Gasteiger partial charge in [-0.15, -0.1) is 0 Å². The molecule has 3 aromatic carbocycles. The van der Waals surface area contributed by atoms with Crippen LogP contribution < -0.4 is 19.9 Å². The zero-order valence-corrected chi connectivity index (χ0v) is 25.1. The van der Waals surface area contributed by atoms with Crippen LogP contribution in [0, 0.1) is 5.41 Å². The van der Waals surface area contributed by atoms with Crippen molar-refractivity contribution >= 4 is 21.7 Å². The van der Waals surface area contributed by atoms with E-state index in [0.717, 1.165) is 57.9 Å². The number of hydrogen-bond acceptors (Lipinski definition) is 3. The fourth-order valence-corrected chi connectivity index (χ4v) is 6.08. The van der Waals surface area contributed by atoms with Gasteiger partial charge in [0.15, 0.2) is 0 Å². The molecule has 0 saturated heterocycles. The Morgan fingerprint density at radius 2 is 1.59 bits per heavy atom. The Morgan fingerprint density at radius 1 is 0.872 bits per heavy atom. The van der Waals surface area contributed by atoms with Gasteiger partial charge in [0.2, 0.25) is 10.0 Å². The Morgan fingerprint density at radius 3 is 2.26 bits per heavy atom. The number of rotatable bonds is 10. The number of sulfonamides is 1. The predicted molar refractivity (Wildman–Crippen MR) is 162 cm³/mol. The summed E-state index contributed by atoms with van der Waals surface area (Å²) in [6.45, 7) is 13.6. The Bertz CT molecular complexity index is 1530. The molecule has 0 spiro atoms. The van der Waals surface area contributed by atoms with Gasteiger partial charge in [-0.3, -0.25) is 0 Å². The minimum atomic E-state index is -3.55. The van der Waals surface area contributed by atoms with E-state index >= 15 is 0 Å². The molecule has 4 nitrogen and oxygen atoms in total. The minimum Gasteiger partial charge on any atom is -0.456 e. The van der Waals surface area contributed by atoms with Gasteiger partial charge in [-0.25, -0.2) is 13.1 Å². The Labute approximate surface area is 234 Å². The van der Waals surface area contributed by atoms with Gasteiger partial charge >= 0.3 is 0 Å². The van der Waals surface area contributed by atoms with E-state index in [1.165, 1.54) is 18.4 Å². The van der Waals surface area contributed by atoms with Gasteiger partial charge in [0.1, 0.15) is 11.5 Å². The topological polar surface area (TPSA) is 55.4 Å². The fraction of sp³-hybridized carbons (Fsp3) is 0.412. The molecule has 39 heavy (non-hydrogen) atoms. The highest BCUT2D eigenvalue weighted by molar-refractivity contribution is 7.89. The molecule has 0 fully saturated rings. The van der Waals surface area contributed by atoms with Crippen molar-refractivity contribution in [2.24, 2.45) is 5.41 Å². The van der Waals surface area contributed by atoms with Crippen molar-refractivity contribution in [1.29, 1.82) is 0 Å². The summed E-state index contributed by atoms with van der Waals surface area (Å²) in [6, 6.07) is 20.0. The smallest absolute Gasteiger partial charge is 0.240 e. The first-order valence-electron chi connectivity index (χ1n) is 14.3. The first-order chi connectivity index (χ1) is 18.5. The molecule has 5 heteroatoms. The molecule has 0 atom stereocenters. The summed E-state index contributed by atoms with van der Waals surface area (Å²) < 4.78 is 35.1. The van der Waals surface area contributed by atoms with Gasteiger partial charge < -0.3 is 4.74 Å². The van der Waals surface area contributed by atoms with Crippen molar-refractivity contribution in [3.05, 3.63) is 87.8 Å². The van der Waals surface area contributed by atoms with Gasteiger partial charge in [0.05, 0.1) is 4.90 Å². The monoisotopic (exact) mass is 545 g/mol. The van der Waals surface area contributed by atoms with Crippen LogP contribution in [0.15, 0.2) is 65.6 Å². The summed E-state index contributed by atoms with van der Waals surface area (Å²) >= 11 is 0. The quantitative estimate of drug-likeness (QED) is 0.214. The molecule has 0 unspecified atom stereocenters. The Balaban J connectivity index is 1.73. The minimum absolute atomic E-state index is 0.0447. The standard InChI is InChI=1S/C34H43NO3S/c1-7-8-9-10-11-20-35-39(36,37)28-16-13-26(14-17-28)33-29-18-12-25(23-34(4,5)6)21-31(29)38-32-22-27(24(2)3)15-19-30(32)33/h12-19,21-24,35H,7-11,20H2,1-6H3. The summed E-state index contributed by atoms with van der Waals surface area (Å²) in [5.74, 6) is 2.03. The SMILES string of the molecule is CCCCCCCNS(=O)(=O)c1ccc(C2=c3ccc(=CC(C)(C)C)cc3Oc3cc(C(C)C)ccc32)cc1. The van der Waals surface area contributed by atoms with Crippen LogP contribution in [0.25, 0.3) is 11.6 Å². The third kappa shape index (κ3) is 7.20. The van der Waals surface area contributed by atoms with E-state index in [1.54, 1.807) is 12.1 Å². The van der Waals surface area contributed by atoms with Crippen LogP contribution in [-0.4, -0.2) is 15.0 Å². The van der Waals surface area contributed by atoms with E-state index in [9.17, 15) is 8.42 Å². The lowest BCUT2D eigenvalue weighted by Crippen LogP contribution is -2.25. The summed E-state index contributed by atoms with van der Waals surface area (Å²) in [4.78, 5) is 0.290. The lowest BCUT2D eigenvalue weighted by molar-refractivity contribution is 0.470. The summed E-state index contributed by atoms with van der Waals surface area (Å²) in [6.07, 6.45) is 7.66. The molecular weight excluding hydrogens is 502 g/mol. The maximum atomic E-state index is 12.9. The second-order valence-electron chi connectivity index (χ2n) is 12.0. The van der Waals surface area contributed by atoms with E-state index in [-0.39, 0.29) is 10.3 Å². The molecule has 0 aliphatic carbocycles.